The lowest BCUT2D eigenvalue weighted by Gasteiger charge is -2.07. The van der Waals surface area contributed by atoms with Crippen LogP contribution in [0.25, 0.3) is 16.7 Å². The van der Waals surface area contributed by atoms with Crippen molar-refractivity contribution in [3.63, 3.8) is 0 Å². The number of allylic oxidation sites excluding steroid dienone is 1. The van der Waals surface area contributed by atoms with E-state index in [2.05, 4.69) is 4.74 Å². The summed E-state index contributed by atoms with van der Waals surface area (Å²) in [6.45, 7) is 1.68. The molecule has 0 bridgehead atoms. The van der Waals surface area contributed by atoms with Gasteiger partial charge in [0.1, 0.15) is 0 Å². The molecule has 0 amide bonds. The Balaban J connectivity index is 2.32. The van der Waals surface area contributed by atoms with Gasteiger partial charge in [0.2, 0.25) is 5.76 Å². The van der Waals surface area contributed by atoms with Crippen molar-refractivity contribution >= 4 is 11.5 Å². The third-order valence-electron chi connectivity index (χ3n) is 3.16. The Morgan fingerprint density at radius 2 is 1.50 bits per heavy atom. The van der Waals surface area contributed by atoms with Crippen LogP contribution in [0, 0.1) is 0 Å². The molecule has 0 spiro atoms. The van der Waals surface area contributed by atoms with Gasteiger partial charge in [-0.25, -0.2) is 4.79 Å². The Bertz CT molecular complexity index is 625. The average Bonchev–Trinajstić information content (AvgIpc) is 2.53. The summed E-state index contributed by atoms with van der Waals surface area (Å²) in [4.78, 5) is 11.3. The van der Waals surface area contributed by atoms with Crippen LogP contribution < -0.4 is 0 Å². The van der Waals surface area contributed by atoms with Gasteiger partial charge in [-0.15, -0.1) is 0 Å². The van der Waals surface area contributed by atoms with Gasteiger partial charge in [-0.3, -0.25) is 0 Å². The van der Waals surface area contributed by atoms with Crippen LogP contribution in [0.1, 0.15) is 12.5 Å². The summed E-state index contributed by atoms with van der Waals surface area (Å²) in [5.74, 6) is -1.09. The minimum atomic E-state index is -0.727. The molecule has 0 aliphatic rings. The number of aliphatic hydroxyl groups is 1. The molecule has 0 atom stereocenters. The second-order valence-corrected chi connectivity index (χ2v) is 4.41. The molecule has 2 rings (SSSR count). The van der Waals surface area contributed by atoms with E-state index in [0.29, 0.717) is 5.57 Å². The maximum atomic E-state index is 11.3. The summed E-state index contributed by atoms with van der Waals surface area (Å²) in [5.41, 5.74) is 3.49. The smallest absolute Gasteiger partial charge is 0.373 e. The zero-order chi connectivity index (χ0) is 14.5. The van der Waals surface area contributed by atoms with E-state index in [1.165, 1.54) is 7.11 Å². The Kier molecular flexibility index (Phi) is 4.20. The SMILES string of the molecule is COC(=O)/C(O)=C(/C)c1ccc(-c2ccccc2)cc1. The van der Waals surface area contributed by atoms with Crippen LogP contribution in [0.2, 0.25) is 0 Å². The van der Waals surface area contributed by atoms with Crippen molar-refractivity contribution in [2.24, 2.45) is 0 Å². The Hall–Kier alpha value is -2.55. The molecule has 3 nitrogen and oxygen atoms in total. The van der Waals surface area contributed by atoms with Crippen LogP contribution in [0.4, 0.5) is 0 Å². The molecule has 1 N–H and O–H groups in total. The van der Waals surface area contributed by atoms with Gasteiger partial charge in [0.05, 0.1) is 7.11 Å². The second kappa shape index (κ2) is 6.06. The zero-order valence-corrected chi connectivity index (χ0v) is 11.5. The maximum absolute atomic E-state index is 11.3. The number of methoxy groups -OCH3 is 1. The Morgan fingerprint density at radius 1 is 0.950 bits per heavy atom. The fourth-order valence-electron chi connectivity index (χ4n) is 1.93. The summed E-state index contributed by atoms with van der Waals surface area (Å²) < 4.78 is 4.50. The van der Waals surface area contributed by atoms with Crippen molar-refractivity contribution in [1.82, 2.24) is 0 Å². The van der Waals surface area contributed by atoms with Crippen molar-refractivity contribution in [2.45, 2.75) is 6.92 Å². The number of carbonyl (C=O) groups is 1. The van der Waals surface area contributed by atoms with Gasteiger partial charge in [0, 0.05) is 5.57 Å². The van der Waals surface area contributed by atoms with Gasteiger partial charge in [-0.05, 0) is 23.6 Å². The van der Waals surface area contributed by atoms with Crippen LogP contribution in [-0.2, 0) is 9.53 Å². The van der Waals surface area contributed by atoms with Crippen molar-refractivity contribution in [3.05, 3.63) is 65.9 Å². The van der Waals surface area contributed by atoms with Crippen molar-refractivity contribution in [2.75, 3.05) is 7.11 Å². The summed E-state index contributed by atoms with van der Waals surface area (Å²) in [6, 6.07) is 17.7. The predicted octanol–water partition coefficient (Wildman–Crippen LogP) is 3.82. The molecule has 0 saturated heterocycles. The molecule has 0 fully saturated rings. The summed E-state index contributed by atoms with van der Waals surface area (Å²) in [5, 5.41) is 9.73. The number of aliphatic hydroxyl groups excluding tert-OH is 1. The van der Waals surface area contributed by atoms with Crippen LogP contribution >= 0.6 is 0 Å². The van der Waals surface area contributed by atoms with Crippen molar-refractivity contribution < 1.29 is 14.6 Å². The molecule has 2 aromatic carbocycles. The van der Waals surface area contributed by atoms with E-state index in [1.54, 1.807) is 6.92 Å². The molecule has 0 radical (unpaired) electrons. The van der Waals surface area contributed by atoms with Gasteiger partial charge >= 0.3 is 5.97 Å². The zero-order valence-electron chi connectivity index (χ0n) is 11.5. The largest absolute Gasteiger partial charge is 0.502 e. The van der Waals surface area contributed by atoms with Crippen LogP contribution in [-0.4, -0.2) is 18.2 Å². The first-order valence-corrected chi connectivity index (χ1v) is 6.27. The second-order valence-electron chi connectivity index (χ2n) is 4.41. The standard InChI is InChI=1S/C17H16O3/c1-12(16(18)17(19)20-2)13-8-10-15(11-9-13)14-6-4-3-5-7-14/h3-11,18H,1-2H3/b16-12+. The van der Waals surface area contributed by atoms with E-state index in [-0.39, 0.29) is 5.76 Å². The first kappa shape index (κ1) is 13.9. The molecule has 0 aromatic heterocycles. The summed E-state index contributed by atoms with van der Waals surface area (Å²) in [6.07, 6.45) is 0. The number of hydrogen-bond acceptors (Lipinski definition) is 3. The number of carbonyl (C=O) groups excluding carboxylic acids is 1. The van der Waals surface area contributed by atoms with Gasteiger partial charge in [0.15, 0.2) is 0 Å². The molecule has 0 unspecified atom stereocenters. The fraction of sp³-hybridized carbons (Fsp3) is 0.118. The molecule has 20 heavy (non-hydrogen) atoms. The Morgan fingerprint density at radius 3 is 2.05 bits per heavy atom. The number of ether oxygens (including phenoxy) is 1. The molecule has 0 heterocycles. The normalized spacial score (nSPS) is 11.7. The van der Waals surface area contributed by atoms with Gasteiger partial charge in [0.25, 0.3) is 0 Å². The molecule has 0 aliphatic carbocycles. The highest BCUT2D eigenvalue weighted by atomic mass is 16.5. The highest BCUT2D eigenvalue weighted by molar-refractivity contribution is 5.94. The maximum Gasteiger partial charge on any atom is 0.373 e. The van der Waals surface area contributed by atoms with Gasteiger partial charge in [-0.2, -0.15) is 0 Å². The van der Waals surface area contributed by atoms with E-state index >= 15 is 0 Å². The molecular weight excluding hydrogens is 252 g/mol. The van der Waals surface area contributed by atoms with Crippen molar-refractivity contribution in [1.29, 1.82) is 0 Å². The van der Waals surface area contributed by atoms with Crippen LogP contribution in [0.5, 0.6) is 0 Å². The molecule has 102 valence electrons. The lowest BCUT2D eigenvalue weighted by molar-refractivity contribution is -0.138. The third-order valence-corrected chi connectivity index (χ3v) is 3.16. The number of rotatable bonds is 3. The predicted molar refractivity (Wildman–Crippen MR) is 79.1 cm³/mol. The quantitative estimate of drug-likeness (QED) is 0.523. The van der Waals surface area contributed by atoms with Crippen molar-refractivity contribution in [3.8, 4) is 11.1 Å². The van der Waals surface area contributed by atoms with Gasteiger partial charge in [-0.1, -0.05) is 54.6 Å². The highest BCUT2D eigenvalue weighted by Gasteiger charge is 2.12. The molecule has 3 heteroatoms. The van der Waals surface area contributed by atoms with Gasteiger partial charge < -0.3 is 9.84 Å². The molecule has 0 saturated carbocycles. The van der Waals surface area contributed by atoms with E-state index in [9.17, 15) is 9.90 Å². The van der Waals surface area contributed by atoms with Crippen LogP contribution in [0.15, 0.2) is 60.4 Å². The number of esters is 1. The number of benzene rings is 2. The summed E-state index contributed by atoms with van der Waals surface area (Å²) >= 11 is 0. The van der Waals surface area contributed by atoms with E-state index in [1.807, 2.05) is 54.6 Å². The third kappa shape index (κ3) is 2.88. The molecule has 0 aliphatic heterocycles. The minimum absolute atomic E-state index is 0.361. The Labute approximate surface area is 118 Å². The first-order chi connectivity index (χ1) is 9.63. The van der Waals surface area contributed by atoms with E-state index in [0.717, 1.165) is 16.7 Å². The fourth-order valence-corrected chi connectivity index (χ4v) is 1.93. The van der Waals surface area contributed by atoms with Crippen LogP contribution in [0.3, 0.4) is 0 Å². The molecule has 2 aromatic rings. The van der Waals surface area contributed by atoms with E-state index in [4.69, 9.17) is 0 Å². The van der Waals surface area contributed by atoms with E-state index < -0.39 is 5.97 Å². The monoisotopic (exact) mass is 268 g/mol. The lowest BCUT2D eigenvalue weighted by Crippen LogP contribution is -2.05. The first-order valence-electron chi connectivity index (χ1n) is 6.27. The topological polar surface area (TPSA) is 46.5 Å². The minimum Gasteiger partial charge on any atom is -0.502 e. The lowest BCUT2D eigenvalue weighted by atomic mass is 10.0. The average molecular weight is 268 g/mol. The molecular formula is C17H16O3. The number of hydrogen-bond donors (Lipinski definition) is 1. The highest BCUT2D eigenvalue weighted by Crippen LogP contribution is 2.23. The summed E-state index contributed by atoms with van der Waals surface area (Å²) in [7, 11) is 1.24.